The van der Waals surface area contributed by atoms with E-state index in [4.69, 9.17) is 5.73 Å². The first-order chi connectivity index (χ1) is 9.69. The minimum atomic E-state index is -0.560. The molecule has 0 aliphatic rings. The number of pyridine rings is 1. The Bertz CT molecular complexity index is 804. The van der Waals surface area contributed by atoms with Gasteiger partial charge in [0.2, 0.25) is 0 Å². The first kappa shape index (κ1) is 12.1. The number of primary amides is 1. The summed E-state index contributed by atoms with van der Waals surface area (Å²) in [6.07, 6.45) is 4.08. The Labute approximate surface area is 114 Å². The van der Waals surface area contributed by atoms with Crippen LogP contribution in [0.15, 0.2) is 48.8 Å². The van der Waals surface area contributed by atoms with E-state index >= 15 is 0 Å². The molecular weight excluding hydrogens is 254 g/mol. The highest BCUT2D eigenvalue weighted by molar-refractivity contribution is 5.90. The average molecular weight is 265 g/mol. The Morgan fingerprint density at radius 1 is 1.15 bits per heavy atom. The van der Waals surface area contributed by atoms with Crippen LogP contribution in [-0.4, -0.2) is 21.9 Å². The van der Waals surface area contributed by atoms with Gasteiger partial charge in [-0.1, -0.05) is 24.3 Å². The molecular formula is C15H11N3O2. The molecule has 0 fully saturated rings. The van der Waals surface area contributed by atoms with Crippen molar-refractivity contribution in [1.82, 2.24) is 9.55 Å². The zero-order valence-corrected chi connectivity index (χ0v) is 10.5. The van der Waals surface area contributed by atoms with E-state index in [0.717, 1.165) is 22.8 Å². The quantitative estimate of drug-likeness (QED) is 0.723. The van der Waals surface area contributed by atoms with Crippen LogP contribution in [0.25, 0.3) is 22.2 Å². The molecule has 2 aromatic heterocycles. The number of aromatic nitrogens is 2. The lowest BCUT2D eigenvalue weighted by molar-refractivity contribution is 0.112. The average Bonchev–Trinajstić information content (AvgIpc) is 2.90. The second kappa shape index (κ2) is 4.62. The number of hydrogen-bond donors (Lipinski definition) is 1. The third-order valence-corrected chi connectivity index (χ3v) is 3.14. The Morgan fingerprint density at radius 3 is 2.55 bits per heavy atom. The Hall–Kier alpha value is -2.95. The van der Waals surface area contributed by atoms with E-state index in [1.165, 1.54) is 4.57 Å². The summed E-state index contributed by atoms with van der Waals surface area (Å²) in [7, 11) is 0. The predicted molar refractivity (Wildman–Crippen MR) is 75.5 cm³/mol. The first-order valence-electron chi connectivity index (χ1n) is 6.01. The minimum absolute atomic E-state index is 0.533. The van der Waals surface area contributed by atoms with Crippen LogP contribution >= 0.6 is 0 Å². The Kier molecular flexibility index (Phi) is 2.80. The highest BCUT2D eigenvalue weighted by atomic mass is 16.2. The van der Waals surface area contributed by atoms with Gasteiger partial charge in [-0.3, -0.25) is 9.36 Å². The fourth-order valence-electron chi connectivity index (χ4n) is 2.11. The third-order valence-electron chi connectivity index (χ3n) is 3.14. The van der Waals surface area contributed by atoms with Gasteiger partial charge in [-0.05, 0) is 17.7 Å². The fourth-order valence-corrected chi connectivity index (χ4v) is 2.11. The van der Waals surface area contributed by atoms with Crippen molar-refractivity contribution in [3.05, 3.63) is 54.4 Å². The van der Waals surface area contributed by atoms with Gasteiger partial charge in [-0.25, -0.2) is 9.78 Å². The summed E-state index contributed by atoms with van der Waals surface area (Å²) in [6, 6.07) is 10.4. The summed E-state index contributed by atoms with van der Waals surface area (Å²) in [5, 5.41) is 0.834. The van der Waals surface area contributed by atoms with Crippen molar-refractivity contribution >= 4 is 23.4 Å². The van der Waals surface area contributed by atoms with E-state index in [0.29, 0.717) is 11.2 Å². The number of rotatable bonds is 2. The molecule has 20 heavy (non-hydrogen) atoms. The van der Waals surface area contributed by atoms with Crippen LogP contribution < -0.4 is 5.73 Å². The Balaban J connectivity index is 2.08. The molecule has 0 unspecified atom stereocenters. The highest BCUT2D eigenvalue weighted by Crippen LogP contribution is 2.23. The fraction of sp³-hybridized carbons (Fsp3) is 0. The summed E-state index contributed by atoms with van der Waals surface area (Å²) < 4.78 is 1.30. The molecule has 3 aromatic rings. The van der Waals surface area contributed by atoms with E-state index in [-0.39, 0.29) is 0 Å². The number of hydrogen-bond acceptors (Lipinski definition) is 3. The predicted octanol–water partition coefficient (Wildman–Crippen LogP) is 2.44. The molecule has 1 aromatic carbocycles. The third kappa shape index (κ3) is 1.95. The lowest BCUT2D eigenvalue weighted by Crippen LogP contribution is -2.18. The molecule has 0 radical (unpaired) electrons. The molecule has 0 aliphatic heterocycles. The number of aldehydes is 1. The molecule has 0 aliphatic carbocycles. The number of amides is 1. The van der Waals surface area contributed by atoms with Crippen LogP contribution in [0.4, 0.5) is 4.79 Å². The van der Waals surface area contributed by atoms with Gasteiger partial charge in [0.05, 0.1) is 0 Å². The SMILES string of the molecule is NC(=O)n1ccc2cc(-c3ccc(C=O)cc3)cnc21. The van der Waals surface area contributed by atoms with Crippen LogP contribution in [0.3, 0.4) is 0 Å². The molecule has 3 rings (SSSR count). The first-order valence-corrected chi connectivity index (χ1v) is 6.01. The van der Waals surface area contributed by atoms with Crippen molar-refractivity contribution < 1.29 is 9.59 Å². The Morgan fingerprint density at radius 2 is 1.90 bits per heavy atom. The summed E-state index contributed by atoms with van der Waals surface area (Å²) in [5.74, 6) is 0. The van der Waals surface area contributed by atoms with Crippen molar-refractivity contribution in [2.75, 3.05) is 0 Å². The normalized spacial score (nSPS) is 10.6. The van der Waals surface area contributed by atoms with Crippen molar-refractivity contribution in [3.63, 3.8) is 0 Å². The second-order valence-electron chi connectivity index (χ2n) is 4.40. The van der Waals surface area contributed by atoms with Crippen LogP contribution in [0, 0.1) is 0 Å². The lowest BCUT2D eigenvalue weighted by Gasteiger charge is -2.03. The molecule has 1 amide bonds. The molecule has 5 nitrogen and oxygen atoms in total. The minimum Gasteiger partial charge on any atom is -0.351 e. The maximum absolute atomic E-state index is 11.2. The summed E-state index contributed by atoms with van der Waals surface area (Å²) in [6.45, 7) is 0. The van der Waals surface area contributed by atoms with E-state index in [9.17, 15) is 9.59 Å². The number of nitrogens with zero attached hydrogens (tertiary/aromatic N) is 2. The van der Waals surface area contributed by atoms with Crippen molar-refractivity contribution in [2.45, 2.75) is 0 Å². The standard InChI is InChI=1S/C15H11N3O2/c16-15(20)18-6-5-12-7-13(8-17-14(12)18)11-3-1-10(9-19)2-4-11/h1-9H,(H2,16,20). The van der Waals surface area contributed by atoms with E-state index in [2.05, 4.69) is 4.98 Å². The molecule has 0 atom stereocenters. The number of carbonyl (C=O) groups is 2. The number of fused-ring (bicyclic) bond motifs is 1. The molecule has 2 heterocycles. The maximum Gasteiger partial charge on any atom is 0.324 e. The van der Waals surface area contributed by atoms with E-state index in [1.807, 2.05) is 18.2 Å². The highest BCUT2D eigenvalue weighted by Gasteiger charge is 2.08. The van der Waals surface area contributed by atoms with Gasteiger partial charge >= 0.3 is 6.03 Å². The van der Waals surface area contributed by atoms with E-state index < -0.39 is 6.03 Å². The summed E-state index contributed by atoms with van der Waals surface area (Å²) >= 11 is 0. The van der Waals surface area contributed by atoms with Crippen molar-refractivity contribution in [2.24, 2.45) is 5.73 Å². The van der Waals surface area contributed by atoms with Gasteiger partial charge in [0.25, 0.3) is 0 Å². The van der Waals surface area contributed by atoms with E-state index in [1.54, 1.807) is 30.6 Å². The monoisotopic (exact) mass is 265 g/mol. The smallest absolute Gasteiger partial charge is 0.324 e. The van der Waals surface area contributed by atoms with Gasteiger partial charge in [-0.2, -0.15) is 0 Å². The molecule has 98 valence electrons. The van der Waals surface area contributed by atoms with Crippen LogP contribution in [0.5, 0.6) is 0 Å². The van der Waals surface area contributed by atoms with Crippen molar-refractivity contribution in [1.29, 1.82) is 0 Å². The van der Waals surface area contributed by atoms with Gasteiger partial charge in [0, 0.05) is 28.9 Å². The molecule has 5 heteroatoms. The molecule has 0 saturated heterocycles. The second-order valence-corrected chi connectivity index (χ2v) is 4.40. The largest absolute Gasteiger partial charge is 0.351 e. The molecule has 0 spiro atoms. The molecule has 0 saturated carbocycles. The van der Waals surface area contributed by atoms with Crippen LogP contribution in [0.1, 0.15) is 10.4 Å². The van der Waals surface area contributed by atoms with Crippen molar-refractivity contribution in [3.8, 4) is 11.1 Å². The molecule has 2 N–H and O–H groups in total. The number of benzene rings is 1. The molecule has 0 bridgehead atoms. The van der Waals surface area contributed by atoms with Crippen LogP contribution in [0.2, 0.25) is 0 Å². The van der Waals surface area contributed by atoms with Gasteiger partial charge < -0.3 is 5.73 Å². The lowest BCUT2D eigenvalue weighted by atomic mass is 10.1. The number of carbonyl (C=O) groups excluding carboxylic acids is 2. The maximum atomic E-state index is 11.2. The zero-order valence-electron chi connectivity index (χ0n) is 10.5. The topological polar surface area (TPSA) is 78.0 Å². The van der Waals surface area contributed by atoms with Gasteiger partial charge in [0.1, 0.15) is 11.9 Å². The zero-order chi connectivity index (χ0) is 14.1. The van der Waals surface area contributed by atoms with Gasteiger partial charge in [-0.15, -0.1) is 0 Å². The van der Waals surface area contributed by atoms with Gasteiger partial charge in [0.15, 0.2) is 0 Å². The summed E-state index contributed by atoms with van der Waals surface area (Å²) in [4.78, 5) is 26.1. The van der Waals surface area contributed by atoms with Crippen LogP contribution in [-0.2, 0) is 0 Å². The summed E-state index contributed by atoms with van der Waals surface area (Å²) in [5.41, 5.74) is 8.29. The number of nitrogens with two attached hydrogens (primary N) is 1.